The molecule has 0 aliphatic carbocycles. The van der Waals surface area contributed by atoms with Crippen molar-refractivity contribution < 1.29 is 4.79 Å². The van der Waals surface area contributed by atoms with Gasteiger partial charge in [-0.25, -0.2) is 0 Å². The van der Waals surface area contributed by atoms with Crippen LogP contribution >= 0.6 is 0 Å². The van der Waals surface area contributed by atoms with E-state index in [1.165, 1.54) is 4.57 Å². The van der Waals surface area contributed by atoms with Gasteiger partial charge in [0.15, 0.2) is 5.78 Å². The summed E-state index contributed by atoms with van der Waals surface area (Å²) in [6.07, 6.45) is 1.69. The summed E-state index contributed by atoms with van der Waals surface area (Å²) in [6, 6.07) is 9.28. The summed E-state index contributed by atoms with van der Waals surface area (Å²) in [6.45, 7) is 5.72. The summed E-state index contributed by atoms with van der Waals surface area (Å²) >= 11 is 0. The van der Waals surface area contributed by atoms with Crippen molar-refractivity contribution in [1.29, 1.82) is 0 Å². The number of fused-ring (bicyclic) bond motifs is 1. The maximum absolute atomic E-state index is 12.2. The van der Waals surface area contributed by atoms with Gasteiger partial charge in [-0.1, -0.05) is 39.0 Å². The fourth-order valence-electron chi connectivity index (χ4n) is 1.75. The zero-order chi connectivity index (χ0) is 13.3. The Morgan fingerprint density at radius 3 is 2.50 bits per heavy atom. The third-order valence-corrected chi connectivity index (χ3v) is 3.04. The molecule has 0 aliphatic heterocycles. The molecule has 0 unspecified atom stereocenters. The number of Topliss-reactive ketones (excluding diaryl/α,β-unsaturated/α-hetero) is 1. The highest BCUT2D eigenvalue weighted by Crippen LogP contribution is 2.15. The molecule has 18 heavy (non-hydrogen) atoms. The van der Waals surface area contributed by atoms with Crippen LogP contribution in [0.25, 0.3) is 10.8 Å². The van der Waals surface area contributed by atoms with Crippen molar-refractivity contribution >= 4 is 16.6 Å². The van der Waals surface area contributed by atoms with Gasteiger partial charge in [0.05, 0.1) is 6.54 Å². The third-order valence-electron chi connectivity index (χ3n) is 3.04. The minimum atomic E-state index is -0.426. The van der Waals surface area contributed by atoms with Gasteiger partial charge in [-0.3, -0.25) is 9.59 Å². The minimum Gasteiger partial charge on any atom is -0.308 e. The first-order chi connectivity index (χ1) is 8.39. The molecule has 0 bridgehead atoms. The third kappa shape index (κ3) is 2.35. The standard InChI is InChI=1S/C15H17NO2/c1-15(2,3)13(17)10-16-9-8-11-6-4-5-7-12(11)14(16)18/h4-9H,10H2,1-3H3. The Hall–Kier alpha value is -1.90. The number of benzene rings is 1. The fraction of sp³-hybridized carbons (Fsp3) is 0.333. The van der Waals surface area contributed by atoms with Gasteiger partial charge in [0, 0.05) is 17.0 Å². The van der Waals surface area contributed by atoms with E-state index in [2.05, 4.69) is 0 Å². The van der Waals surface area contributed by atoms with Gasteiger partial charge >= 0.3 is 0 Å². The molecule has 0 aliphatic rings. The Bertz CT molecular complexity index is 647. The summed E-state index contributed by atoms with van der Waals surface area (Å²) < 4.78 is 1.48. The summed E-state index contributed by atoms with van der Waals surface area (Å²) in [5, 5.41) is 1.56. The molecule has 2 aromatic rings. The van der Waals surface area contributed by atoms with Crippen LogP contribution in [0.1, 0.15) is 20.8 Å². The van der Waals surface area contributed by atoms with Gasteiger partial charge in [0.1, 0.15) is 0 Å². The molecule has 0 saturated carbocycles. The van der Waals surface area contributed by atoms with Crippen LogP contribution in [0.2, 0.25) is 0 Å². The summed E-state index contributed by atoms with van der Waals surface area (Å²) in [4.78, 5) is 24.2. The Morgan fingerprint density at radius 1 is 1.17 bits per heavy atom. The first kappa shape index (κ1) is 12.6. The first-order valence-electron chi connectivity index (χ1n) is 6.01. The molecule has 94 valence electrons. The van der Waals surface area contributed by atoms with Crippen LogP contribution in [0.4, 0.5) is 0 Å². The van der Waals surface area contributed by atoms with Crippen molar-refractivity contribution in [3.63, 3.8) is 0 Å². The summed E-state index contributed by atoms with van der Waals surface area (Å²) in [5.74, 6) is 0.0554. The second kappa shape index (κ2) is 4.41. The number of pyridine rings is 1. The lowest BCUT2D eigenvalue weighted by molar-refractivity contribution is -0.126. The fourth-order valence-corrected chi connectivity index (χ4v) is 1.75. The second-order valence-electron chi connectivity index (χ2n) is 5.51. The monoisotopic (exact) mass is 243 g/mol. The topological polar surface area (TPSA) is 39.1 Å². The number of carbonyl (C=O) groups excluding carboxylic acids is 1. The molecule has 0 spiro atoms. The Kier molecular flexibility index (Phi) is 3.07. The molecular weight excluding hydrogens is 226 g/mol. The molecule has 0 fully saturated rings. The van der Waals surface area contributed by atoms with Crippen molar-refractivity contribution in [3.8, 4) is 0 Å². The van der Waals surface area contributed by atoms with Gasteiger partial charge in [0.25, 0.3) is 5.56 Å². The van der Waals surface area contributed by atoms with Gasteiger partial charge in [-0.05, 0) is 17.5 Å². The number of rotatable bonds is 2. The van der Waals surface area contributed by atoms with E-state index >= 15 is 0 Å². The van der Waals surface area contributed by atoms with Crippen LogP contribution in [-0.2, 0) is 11.3 Å². The normalized spacial score (nSPS) is 11.7. The van der Waals surface area contributed by atoms with Crippen LogP contribution < -0.4 is 5.56 Å². The molecule has 0 amide bonds. The lowest BCUT2D eigenvalue weighted by Crippen LogP contribution is -2.30. The Morgan fingerprint density at radius 2 is 1.83 bits per heavy atom. The molecule has 0 saturated heterocycles. The minimum absolute atomic E-state index is 0.0554. The first-order valence-corrected chi connectivity index (χ1v) is 6.01. The van der Waals surface area contributed by atoms with E-state index in [1.807, 2.05) is 45.0 Å². The number of aromatic nitrogens is 1. The van der Waals surface area contributed by atoms with E-state index in [4.69, 9.17) is 0 Å². The highest BCUT2D eigenvalue weighted by atomic mass is 16.1. The van der Waals surface area contributed by atoms with Crippen LogP contribution in [0.15, 0.2) is 41.3 Å². The van der Waals surface area contributed by atoms with E-state index in [0.717, 1.165) is 5.39 Å². The van der Waals surface area contributed by atoms with Crippen LogP contribution in [0.3, 0.4) is 0 Å². The zero-order valence-corrected chi connectivity index (χ0v) is 10.9. The number of carbonyl (C=O) groups is 1. The summed E-state index contributed by atoms with van der Waals surface area (Å²) in [7, 11) is 0. The van der Waals surface area contributed by atoms with E-state index in [9.17, 15) is 9.59 Å². The van der Waals surface area contributed by atoms with Crippen LogP contribution in [0, 0.1) is 5.41 Å². The second-order valence-corrected chi connectivity index (χ2v) is 5.51. The van der Waals surface area contributed by atoms with Gasteiger partial charge in [0.2, 0.25) is 0 Å². The molecule has 3 nitrogen and oxygen atoms in total. The maximum atomic E-state index is 12.2. The van der Waals surface area contributed by atoms with Gasteiger partial charge < -0.3 is 4.57 Å². The van der Waals surface area contributed by atoms with Gasteiger partial charge in [-0.15, -0.1) is 0 Å². The van der Waals surface area contributed by atoms with E-state index in [-0.39, 0.29) is 17.9 Å². The lowest BCUT2D eigenvalue weighted by atomic mass is 9.91. The quantitative estimate of drug-likeness (QED) is 0.813. The molecule has 0 N–H and O–H groups in total. The Labute approximate surface area is 106 Å². The molecule has 1 heterocycles. The average molecular weight is 243 g/mol. The zero-order valence-electron chi connectivity index (χ0n) is 10.9. The van der Waals surface area contributed by atoms with E-state index in [0.29, 0.717) is 5.39 Å². The van der Waals surface area contributed by atoms with Crippen molar-refractivity contribution in [2.24, 2.45) is 5.41 Å². The van der Waals surface area contributed by atoms with Crippen molar-refractivity contribution in [1.82, 2.24) is 4.57 Å². The molecule has 0 atom stereocenters. The largest absolute Gasteiger partial charge is 0.308 e. The van der Waals surface area contributed by atoms with E-state index < -0.39 is 5.41 Å². The maximum Gasteiger partial charge on any atom is 0.258 e. The summed E-state index contributed by atoms with van der Waals surface area (Å²) in [5.41, 5.74) is -0.531. The number of hydrogen-bond donors (Lipinski definition) is 0. The van der Waals surface area contributed by atoms with Crippen molar-refractivity contribution in [3.05, 3.63) is 46.9 Å². The van der Waals surface area contributed by atoms with Crippen molar-refractivity contribution in [2.45, 2.75) is 27.3 Å². The molecule has 1 aromatic carbocycles. The molecule has 0 radical (unpaired) electrons. The molecule has 1 aromatic heterocycles. The number of hydrogen-bond acceptors (Lipinski definition) is 2. The highest BCUT2D eigenvalue weighted by Gasteiger charge is 2.21. The smallest absolute Gasteiger partial charge is 0.258 e. The van der Waals surface area contributed by atoms with Crippen LogP contribution in [-0.4, -0.2) is 10.4 Å². The molecular formula is C15H17NO2. The van der Waals surface area contributed by atoms with Gasteiger partial charge in [-0.2, -0.15) is 0 Å². The van der Waals surface area contributed by atoms with Crippen molar-refractivity contribution in [2.75, 3.05) is 0 Å². The van der Waals surface area contributed by atoms with E-state index in [1.54, 1.807) is 12.3 Å². The predicted molar refractivity (Wildman–Crippen MR) is 72.7 cm³/mol. The Balaban J connectivity index is 2.45. The highest BCUT2D eigenvalue weighted by molar-refractivity contribution is 5.84. The SMILES string of the molecule is CC(C)(C)C(=O)Cn1ccc2ccccc2c1=O. The predicted octanol–water partition coefficient (Wildman–Crippen LogP) is 2.62. The van der Waals surface area contributed by atoms with Crippen LogP contribution in [0.5, 0.6) is 0 Å². The average Bonchev–Trinajstić information content (AvgIpc) is 2.32. The number of ketones is 1. The lowest BCUT2D eigenvalue weighted by Gasteiger charge is -2.17. The molecule has 2 rings (SSSR count). The number of nitrogens with zero attached hydrogens (tertiary/aromatic N) is 1. The molecule has 3 heteroatoms.